The topological polar surface area (TPSA) is 69.9 Å². The lowest BCUT2D eigenvalue weighted by molar-refractivity contribution is -0.138. The van der Waals surface area contributed by atoms with Crippen molar-refractivity contribution in [2.45, 2.75) is 44.7 Å². The zero-order chi connectivity index (χ0) is 20.6. The Balaban J connectivity index is 2.07. The molecule has 0 saturated heterocycles. The van der Waals surface area contributed by atoms with Crippen LogP contribution in [0.25, 0.3) is 0 Å². The SMILES string of the molecule is CC(C)c1cc(C2CCc3cc(OCP(O)O)cc(C(F)(F)F)c32)ccc1O. The van der Waals surface area contributed by atoms with Crippen LogP contribution in [-0.4, -0.2) is 21.2 Å². The van der Waals surface area contributed by atoms with Gasteiger partial charge in [0.25, 0.3) is 0 Å². The lowest BCUT2D eigenvalue weighted by Gasteiger charge is -2.21. The Labute approximate surface area is 162 Å². The van der Waals surface area contributed by atoms with Crippen LogP contribution < -0.4 is 4.74 Å². The molecule has 1 aliphatic carbocycles. The molecular formula is C20H22F3O4P. The smallest absolute Gasteiger partial charge is 0.416 e. The number of halogens is 3. The molecule has 1 atom stereocenters. The summed E-state index contributed by atoms with van der Waals surface area (Å²) in [7, 11) is -2.35. The number of hydrogen-bond acceptors (Lipinski definition) is 4. The molecule has 1 aliphatic rings. The summed E-state index contributed by atoms with van der Waals surface area (Å²) in [5.74, 6) is -0.255. The lowest BCUT2D eigenvalue weighted by Crippen LogP contribution is -2.12. The quantitative estimate of drug-likeness (QED) is 0.585. The summed E-state index contributed by atoms with van der Waals surface area (Å²) in [6, 6.07) is 7.48. The van der Waals surface area contributed by atoms with E-state index in [9.17, 15) is 18.3 Å². The molecule has 4 nitrogen and oxygen atoms in total. The van der Waals surface area contributed by atoms with Crippen molar-refractivity contribution in [1.29, 1.82) is 0 Å². The van der Waals surface area contributed by atoms with Crippen molar-refractivity contribution in [2.75, 3.05) is 6.35 Å². The van der Waals surface area contributed by atoms with Crippen LogP contribution in [0.5, 0.6) is 11.5 Å². The monoisotopic (exact) mass is 414 g/mol. The van der Waals surface area contributed by atoms with Gasteiger partial charge in [-0.2, -0.15) is 13.2 Å². The number of aromatic hydroxyl groups is 1. The molecule has 152 valence electrons. The molecule has 1 unspecified atom stereocenters. The van der Waals surface area contributed by atoms with Crippen LogP contribution in [0.15, 0.2) is 30.3 Å². The summed E-state index contributed by atoms with van der Waals surface area (Å²) in [6.07, 6.45) is -4.01. The van der Waals surface area contributed by atoms with Gasteiger partial charge >= 0.3 is 6.18 Å². The van der Waals surface area contributed by atoms with Gasteiger partial charge in [0.15, 0.2) is 6.35 Å². The third kappa shape index (κ3) is 4.27. The maximum absolute atomic E-state index is 13.8. The molecule has 2 aromatic rings. The Kier molecular flexibility index (Phi) is 5.89. The highest BCUT2D eigenvalue weighted by molar-refractivity contribution is 7.44. The Morgan fingerprint density at radius 2 is 1.89 bits per heavy atom. The predicted octanol–water partition coefficient (Wildman–Crippen LogP) is 5.25. The second kappa shape index (κ2) is 7.90. The summed E-state index contributed by atoms with van der Waals surface area (Å²) in [6.45, 7) is 3.84. The predicted molar refractivity (Wildman–Crippen MR) is 101 cm³/mol. The average molecular weight is 414 g/mol. The van der Waals surface area contributed by atoms with Gasteiger partial charge in [-0.25, -0.2) is 0 Å². The maximum atomic E-state index is 13.8. The van der Waals surface area contributed by atoms with Crippen LogP contribution in [0.3, 0.4) is 0 Å². The molecule has 0 fully saturated rings. The third-order valence-corrected chi connectivity index (χ3v) is 5.38. The number of rotatable bonds is 5. The molecule has 0 saturated carbocycles. The molecule has 0 radical (unpaired) electrons. The minimum Gasteiger partial charge on any atom is -0.508 e. The number of benzene rings is 2. The molecule has 0 aliphatic heterocycles. The van der Waals surface area contributed by atoms with Crippen LogP contribution in [-0.2, 0) is 12.6 Å². The van der Waals surface area contributed by atoms with E-state index in [-0.39, 0.29) is 23.0 Å². The van der Waals surface area contributed by atoms with Crippen LogP contribution >= 0.6 is 8.38 Å². The van der Waals surface area contributed by atoms with Gasteiger partial charge in [0.05, 0.1) is 5.56 Å². The Hall–Kier alpha value is -1.82. The number of phenols is 1. The van der Waals surface area contributed by atoms with Crippen molar-refractivity contribution in [3.8, 4) is 11.5 Å². The summed E-state index contributed by atoms with van der Waals surface area (Å²) in [5, 5.41) is 10.0. The van der Waals surface area contributed by atoms with Gasteiger partial charge in [0, 0.05) is 5.92 Å². The van der Waals surface area contributed by atoms with Gasteiger partial charge in [-0.05, 0) is 59.2 Å². The van der Waals surface area contributed by atoms with Crippen molar-refractivity contribution in [3.63, 3.8) is 0 Å². The highest BCUT2D eigenvalue weighted by Crippen LogP contribution is 2.48. The van der Waals surface area contributed by atoms with Gasteiger partial charge < -0.3 is 19.6 Å². The van der Waals surface area contributed by atoms with Crippen LogP contribution in [0.1, 0.15) is 59.9 Å². The average Bonchev–Trinajstić information content (AvgIpc) is 3.02. The fourth-order valence-electron chi connectivity index (χ4n) is 3.78. The summed E-state index contributed by atoms with van der Waals surface area (Å²) >= 11 is 0. The molecule has 0 aromatic heterocycles. The Morgan fingerprint density at radius 1 is 1.18 bits per heavy atom. The van der Waals surface area contributed by atoms with Gasteiger partial charge in [0.2, 0.25) is 8.38 Å². The van der Waals surface area contributed by atoms with Crippen LogP contribution in [0.2, 0.25) is 0 Å². The number of ether oxygens (including phenoxy) is 1. The van der Waals surface area contributed by atoms with Crippen molar-refractivity contribution in [1.82, 2.24) is 0 Å². The van der Waals surface area contributed by atoms with Crippen molar-refractivity contribution in [2.24, 2.45) is 0 Å². The Bertz CT molecular complexity index is 865. The lowest BCUT2D eigenvalue weighted by atomic mass is 9.87. The van der Waals surface area contributed by atoms with Gasteiger partial charge in [-0.1, -0.05) is 26.0 Å². The molecule has 0 spiro atoms. The Morgan fingerprint density at radius 3 is 2.50 bits per heavy atom. The molecule has 3 N–H and O–H groups in total. The molecule has 0 heterocycles. The zero-order valence-corrected chi connectivity index (χ0v) is 16.4. The fourth-order valence-corrected chi connectivity index (χ4v) is 4.05. The first-order valence-electron chi connectivity index (χ1n) is 8.92. The highest BCUT2D eigenvalue weighted by Gasteiger charge is 2.40. The molecule has 0 bridgehead atoms. The first kappa shape index (κ1) is 20.9. The number of hydrogen-bond donors (Lipinski definition) is 3. The normalized spacial score (nSPS) is 16.7. The maximum Gasteiger partial charge on any atom is 0.416 e. The van der Waals surface area contributed by atoms with Crippen LogP contribution in [0.4, 0.5) is 13.2 Å². The largest absolute Gasteiger partial charge is 0.508 e. The van der Waals surface area contributed by atoms with Crippen molar-refractivity contribution >= 4 is 8.38 Å². The molecule has 0 amide bonds. The summed E-state index contributed by atoms with van der Waals surface area (Å²) in [4.78, 5) is 17.9. The standard InChI is InChI=1S/C20H22F3O4P/c1-11(2)16-8-12(4-6-18(16)24)15-5-3-13-7-14(27-10-28(25)26)9-17(19(13)15)20(21,22)23/h4,6-9,11,15,24-26H,3,5,10H2,1-2H3. The van der Waals surface area contributed by atoms with Gasteiger partial charge in [0.1, 0.15) is 11.5 Å². The molecular weight excluding hydrogens is 392 g/mol. The molecule has 8 heteroatoms. The van der Waals surface area contributed by atoms with Crippen molar-refractivity contribution < 1.29 is 32.8 Å². The number of fused-ring (bicyclic) bond motifs is 1. The summed E-state index contributed by atoms with van der Waals surface area (Å²) < 4.78 is 46.5. The van der Waals surface area contributed by atoms with Gasteiger partial charge in [-0.3, -0.25) is 0 Å². The van der Waals surface area contributed by atoms with Gasteiger partial charge in [-0.15, -0.1) is 0 Å². The van der Waals surface area contributed by atoms with E-state index in [2.05, 4.69) is 0 Å². The van der Waals surface area contributed by atoms with E-state index in [0.717, 1.165) is 11.6 Å². The van der Waals surface area contributed by atoms with Crippen molar-refractivity contribution in [3.05, 3.63) is 58.1 Å². The minimum atomic E-state index is -4.56. The van der Waals surface area contributed by atoms with E-state index >= 15 is 0 Å². The van der Waals surface area contributed by atoms with E-state index in [1.54, 1.807) is 18.2 Å². The fraction of sp³-hybridized carbons (Fsp3) is 0.400. The number of aryl methyl sites for hydroxylation is 1. The zero-order valence-electron chi connectivity index (χ0n) is 15.5. The summed E-state index contributed by atoms with van der Waals surface area (Å²) in [5.41, 5.74) is 1.47. The first-order valence-corrected chi connectivity index (χ1v) is 10.4. The van der Waals surface area contributed by atoms with E-state index in [1.165, 1.54) is 6.07 Å². The molecule has 3 rings (SSSR count). The second-order valence-electron chi connectivity index (χ2n) is 7.25. The van der Waals surface area contributed by atoms with E-state index in [0.29, 0.717) is 24.0 Å². The van der Waals surface area contributed by atoms with Crippen LogP contribution in [0, 0.1) is 0 Å². The second-order valence-corrected chi connectivity index (χ2v) is 8.25. The highest BCUT2D eigenvalue weighted by atomic mass is 31.2. The van der Waals surface area contributed by atoms with E-state index < -0.39 is 32.4 Å². The third-order valence-electron chi connectivity index (χ3n) is 5.02. The first-order chi connectivity index (χ1) is 13.1. The number of alkyl halides is 3. The molecule has 2 aromatic carbocycles. The molecule has 28 heavy (non-hydrogen) atoms. The van der Waals surface area contributed by atoms with E-state index in [4.69, 9.17) is 14.5 Å². The van der Waals surface area contributed by atoms with E-state index in [1.807, 2.05) is 13.8 Å². The number of phenolic OH excluding ortho intramolecular Hbond substituents is 1. The minimum absolute atomic E-state index is 0.0177.